The SMILES string of the molecule is CC(C)(C)CC(C)(C)NC(=O)C1COCC1N. The van der Waals surface area contributed by atoms with E-state index >= 15 is 0 Å². The van der Waals surface area contributed by atoms with Crippen LogP contribution in [0, 0.1) is 11.3 Å². The van der Waals surface area contributed by atoms with Gasteiger partial charge in [-0.3, -0.25) is 4.79 Å². The Morgan fingerprint density at radius 3 is 2.29 bits per heavy atom. The fourth-order valence-corrected chi connectivity index (χ4v) is 2.64. The minimum atomic E-state index is -0.211. The van der Waals surface area contributed by atoms with Crippen molar-refractivity contribution in [2.75, 3.05) is 13.2 Å². The third-order valence-electron chi connectivity index (χ3n) is 2.90. The molecule has 0 bridgehead atoms. The molecule has 1 fully saturated rings. The zero-order chi connectivity index (χ0) is 13.3. The molecule has 2 unspecified atom stereocenters. The molecule has 1 amide bonds. The van der Waals surface area contributed by atoms with Crippen LogP contribution in [0.5, 0.6) is 0 Å². The van der Waals surface area contributed by atoms with Gasteiger partial charge in [0.25, 0.3) is 0 Å². The van der Waals surface area contributed by atoms with Crippen molar-refractivity contribution in [3.63, 3.8) is 0 Å². The average molecular weight is 242 g/mol. The lowest BCUT2D eigenvalue weighted by atomic mass is 9.81. The van der Waals surface area contributed by atoms with Crippen molar-refractivity contribution in [3.8, 4) is 0 Å². The van der Waals surface area contributed by atoms with E-state index in [4.69, 9.17) is 10.5 Å². The van der Waals surface area contributed by atoms with Gasteiger partial charge in [0.1, 0.15) is 0 Å². The number of rotatable bonds is 3. The Hall–Kier alpha value is -0.610. The molecule has 0 aromatic carbocycles. The number of amides is 1. The molecule has 1 aliphatic heterocycles. The normalized spacial score (nSPS) is 26.0. The molecule has 0 aromatic heterocycles. The van der Waals surface area contributed by atoms with E-state index in [1.165, 1.54) is 0 Å². The minimum Gasteiger partial charge on any atom is -0.379 e. The molecule has 1 rings (SSSR count). The van der Waals surface area contributed by atoms with E-state index in [9.17, 15) is 4.79 Å². The molecule has 0 aliphatic carbocycles. The van der Waals surface area contributed by atoms with Gasteiger partial charge < -0.3 is 15.8 Å². The Morgan fingerprint density at radius 2 is 1.88 bits per heavy atom. The number of ether oxygens (including phenoxy) is 1. The summed E-state index contributed by atoms with van der Waals surface area (Å²) in [4.78, 5) is 12.1. The van der Waals surface area contributed by atoms with Gasteiger partial charge in [0.05, 0.1) is 19.1 Å². The second-order valence-electron chi connectivity index (χ2n) is 6.92. The van der Waals surface area contributed by atoms with Gasteiger partial charge in [0, 0.05) is 11.6 Å². The van der Waals surface area contributed by atoms with Crippen molar-refractivity contribution in [3.05, 3.63) is 0 Å². The standard InChI is InChI=1S/C13H26N2O2/c1-12(2,3)8-13(4,5)15-11(16)9-6-17-7-10(9)14/h9-10H,6-8,14H2,1-5H3,(H,15,16). The Kier molecular flexibility index (Phi) is 4.20. The molecule has 0 radical (unpaired) electrons. The first-order chi connectivity index (χ1) is 7.61. The molecule has 1 heterocycles. The number of carbonyl (C=O) groups excluding carboxylic acids is 1. The van der Waals surface area contributed by atoms with Gasteiger partial charge in [-0.15, -0.1) is 0 Å². The van der Waals surface area contributed by atoms with Crippen molar-refractivity contribution in [1.82, 2.24) is 5.32 Å². The van der Waals surface area contributed by atoms with Gasteiger partial charge in [-0.1, -0.05) is 20.8 Å². The highest BCUT2D eigenvalue weighted by atomic mass is 16.5. The smallest absolute Gasteiger partial charge is 0.227 e. The largest absolute Gasteiger partial charge is 0.379 e. The van der Waals surface area contributed by atoms with Crippen molar-refractivity contribution < 1.29 is 9.53 Å². The van der Waals surface area contributed by atoms with Crippen molar-refractivity contribution in [1.29, 1.82) is 0 Å². The van der Waals surface area contributed by atoms with Crippen LogP contribution < -0.4 is 11.1 Å². The van der Waals surface area contributed by atoms with Crippen molar-refractivity contribution >= 4 is 5.91 Å². The Bertz CT molecular complexity index is 282. The molecule has 100 valence electrons. The van der Waals surface area contributed by atoms with Gasteiger partial charge in [-0.05, 0) is 25.7 Å². The predicted octanol–water partition coefficient (Wildman–Crippen LogP) is 1.29. The van der Waals surface area contributed by atoms with Crippen LogP contribution in [0.3, 0.4) is 0 Å². The molecular formula is C13H26N2O2. The topological polar surface area (TPSA) is 64.3 Å². The van der Waals surface area contributed by atoms with E-state index in [0.717, 1.165) is 6.42 Å². The summed E-state index contributed by atoms with van der Waals surface area (Å²) >= 11 is 0. The van der Waals surface area contributed by atoms with E-state index in [1.54, 1.807) is 0 Å². The molecule has 4 nitrogen and oxygen atoms in total. The summed E-state index contributed by atoms with van der Waals surface area (Å²) in [5, 5.41) is 3.09. The monoisotopic (exact) mass is 242 g/mol. The summed E-state index contributed by atoms with van der Waals surface area (Å²) in [5.41, 5.74) is 5.82. The van der Waals surface area contributed by atoms with Crippen LogP contribution in [0.15, 0.2) is 0 Å². The zero-order valence-corrected chi connectivity index (χ0v) is 11.7. The second-order valence-corrected chi connectivity index (χ2v) is 6.92. The second kappa shape index (κ2) is 4.94. The fourth-order valence-electron chi connectivity index (χ4n) is 2.64. The van der Waals surface area contributed by atoms with Crippen LogP contribution in [-0.2, 0) is 9.53 Å². The Labute approximate surface area is 104 Å². The summed E-state index contributed by atoms with van der Waals surface area (Å²) in [5.74, 6) is -0.182. The number of hydrogen-bond donors (Lipinski definition) is 2. The van der Waals surface area contributed by atoms with Crippen LogP contribution in [-0.4, -0.2) is 30.7 Å². The lowest BCUT2D eigenvalue weighted by Gasteiger charge is -2.34. The first kappa shape index (κ1) is 14.5. The van der Waals surface area contributed by atoms with Gasteiger partial charge in [0.2, 0.25) is 5.91 Å². The van der Waals surface area contributed by atoms with E-state index in [-0.39, 0.29) is 28.8 Å². The van der Waals surface area contributed by atoms with Crippen LogP contribution in [0.1, 0.15) is 41.0 Å². The van der Waals surface area contributed by atoms with Crippen LogP contribution in [0.25, 0.3) is 0 Å². The quantitative estimate of drug-likeness (QED) is 0.784. The van der Waals surface area contributed by atoms with E-state index in [2.05, 4.69) is 39.9 Å². The molecule has 1 saturated heterocycles. The first-order valence-corrected chi connectivity index (χ1v) is 6.26. The van der Waals surface area contributed by atoms with Crippen molar-refractivity contribution in [2.45, 2.75) is 52.6 Å². The van der Waals surface area contributed by atoms with E-state index in [0.29, 0.717) is 13.2 Å². The van der Waals surface area contributed by atoms with E-state index < -0.39 is 0 Å². The molecule has 3 N–H and O–H groups in total. The lowest BCUT2D eigenvalue weighted by Crippen LogP contribution is -2.51. The molecule has 4 heteroatoms. The van der Waals surface area contributed by atoms with Crippen LogP contribution >= 0.6 is 0 Å². The van der Waals surface area contributed by atoms with E-state index in [1.807, 2.05) is 0 Å². The van der Waals surface area contributed by atoms with Gasteiger partial charge in [-0.25, -0.2) is 0 Å². The molecular weight excluding hydrogens is 216 g/mol. The summed E-state index contributed by atoms with van der Waals surface area (Å²) in [6.45, 7) is 11.5. The highest BCUT2D eigenvalue weighted by Crippen LogP contribution is 2.27. The summed E-state index contributed by atoms with van der Waals surface area (Å²) in [6, 6.07) is -0.166. The van der Waals surface area contributed by atoms with Crippen LogP contribution in [0.2, 0.25) is 0 Å². The predicted molar refractivity (Wildman–Crippen MR) is 68.6 cm³/mol. The lowest BCUT2D eigenvalue weighted by molar-refractivity contribution is -0.127. The number of nitrogens with two attached hydrogens (primary N) is 1. The summed E-state index contributed by atoms with van der Waals surface area (Å²) in [6.07, 6.45) is 0.925. The number of nitrogens with one attached hydrogen (secondary N) is 1. The van der Waals surface area contributed by atoms with Crippen LogP contribution in [0.4, 0.5) is 0 Å². The van der Waals surface area contributed by atoms with Gasteiger partial charge >= 0.3 is 0 Å². The molecule has 17 heavy (non-hydrogen) atoms. The molecule has 0 spiro atoms. The Morgan fingerprint density at radius 1 is 1.29 bits per heavy atom. The highest BCUT2D eigenvalue weighted by molar-refractivity contribution is 5.80. The first-order valence-electron chi connectivity index (χ1n) is 6.26. The maximum Gasteiger partial charge on any atom is 0.227 e. The third-order valence-corrected chi connectivity index (χ3v) is 2.90. The molecule has 0 saturated carbocycles. The minimum absolute atomic E-state index is 0.0178. The average Bonchev–Trinajstić information content (AvgIpc) is 2.44. The molecule has 2 atom stereocenters. The zero-order valence-electron chi connectivity index (χ0n) is 11.7. The third kappa shape index (κ3) is 4.64. The fraction of sp³-hybridized carbons (Fsp3) is 0.923. The Balaban J connectivity index is 2.55. The summed E-state index contributed by atoms with van der Waals surface area (Å²) in [7, 11) is 0. The summed E-state index contributed by atoms with van der Waals surface area (Å²) < 4.78 is 5.22. The number of hydrogen-bond acceptors (Lipinski definition) is 3. The maximum absolute atomic E-state index is 12.1. The highest BCUT2D eigenvalue weighted by Gasteiger charge is 2.35. The van der Waals surface area contributed by atoms with Crippen molar-refractivity contribution in [2.24, 2.45) is 17.1 Å². The maximum atomic E-state index is 12.1. The molecule has 0 aromatic rings. The van der Waals surface area contributed by atoms with Gasteiger partial charge in [0.15, 0.2) is 0 Å². The molecule has 1 aliphatic rings. The van der Waals surface area contributed by atoms with Gasteiger partial charge in [-0.2, -0.15) is 0 Å². The number of carbonyl (C=O) groups is 1.